The predicted molar refractivity (Wildman–Crippen MR) is 157 cm³/mol. The summed E-state index contributed by atoms with van der Waals surface area (Å²) in [5, 5.41) is 0. The van der Waals surface area contributed by atoms with Crippen molar-refractivity contribution in [2.45, 2.75) is 125 Å². The summed E-state index contributed by atoms with van der Waals surface area (Å²) >= 11 is 0. The van der Waals surface area contributed by atoms with Crippen molar-refractivity contribution >= 4 is 23.3 Å². The molecule has 2 rings (SSSR count). The number of hydrogen-bond donors (Lipinski definition) is 0. The first-order valence-electron chi connectivity index (χ1n) is 14.2. The van der Waals surface area contributed by atoms with Crippen molar-refractivity contribution in [1.29, 1.82) is 0 Å². The molecule has 0 saturated carbocycles. The topological polar surface area (TPSA) is 24.7 Å². The van der Waals surface area contributed by atoms with Gasteiger partial charge in [0.15, 0.2) is 0 Å². The summed E-state index contributed by atoms with van der Waals surface area (Å²) in [5.74, 6) is 0. The summed E-state index contributed by atoms with van der Waals surface area (Å²) < 4.78 is 0. The van der Waals surface area contributed by atoms with Gasteiger partial charge >= 0.3 is 0 Å². The standard InChI is InChI=1S/C33H50N2.Ni/c1-6-7-8-9-10-11-12-13-14-15-16-17-18-19-31(35-33-24-29(4)21-30(5)25-33)26-34-32-22-27(2)20-28(3)23-32;/h20-26H,6-19H2,1-5H3;/b34-26+,35-31+;. The average Bonchev–Trinajstić information content (AvgIpc) is 2.79. The van der Waals surface area contributed by atoms with Gasteiger partial charge in [-0.1, -0.05) is 96.1 Å². The molecule has 0 fully saturated rings. The van der Waals surface area contributed by atoms with E-state index < -0.39 is 0 Å². The molecule has 0 N–H and O–H groups in total. The van der Waals surface area contributed by atoms with Crippen LogP contribution in [0.1, 0.15) is 119 Å². The van der Waals surface area contributed by atoms with E-state index in [0.29, 0.717) is 0 Å². The van der Waals surface area contributed by atoms with E-state index in [-0.39, 0.29) is 16.5 Å². The van der Waals surface area contributed by atoms with Crippen molar-refractivity contribution < 1.29 is 16.5 Å². The van der Waals surface area contributed by atoms with Gasteiger partial charge in [-0.25, -0.2) is 0 Å². The molecular weight excluding hydrogens is 483 g/mol. The molecule has 0 radical (unpaired) electrons. The number of hydrogen-bond acceptors (Lipinski definition) is 2. The van der Waals surface area contributed by atoms with Crippen molar-refractivity contribution in [3.05, 3.63) is 58.7 Å². The second kappa shape index (κ2) is 19.4. The number of rotatable bonds is 17. The minimum atomic E-state index is 0. The van der Waals surface area contributed by atoms with Crippen LogP contribution in [0.25, 0.3) is 0 Å². The van der Waals surface area contributed by atoms with E-state index in [1.807, 2.05) is 6.21 Å². The number of aryl methyl sites for hydroxylation is 4. The molecule has 0 heterocycles. The quantitative estimate of drug-likeness (QED) is 0.110. The molecule has 0 aliphatic heterocycles. The van der Waals surface area contributed by atoms with Crippen molar-refractivity contribution in [2.75, 3.05) is 0 Å². The van der Waals surface area contributed by atoms with Gasteiger partial charge in [-0.15, -0.1) is 0 Å². The number of aliphatic imine (C=N–C) groups is 2. The largest absolute Gasteiger partial charge is 0.255 e. The first-order valence-corrected chi connectivity index (χ1v) is 14.2. The van der Waals surface area contributed by atoms with E-state index in [0.717, 1.165) is 23.5 Å². The molecule has 0 amide bonds. The smallest absolute Gasteiger partial charge is 0.0638 e. The van der Waals surface area contributed by atoms with E-state index in [1.54, 1.807) is 0 Å². The van der Waals surface area contributed by atoms with Crippen LogP contribution >= 0.6 is 0 Å². The molecule has 2 aromatic rings. The van der Waals surface area contributed by atoms with E-state index >= 15 is 0 Å². The minimum Gasteiger partial charge on any atom is -0.255 e. The fourth-order valence-electron chi connectivity index (χ4n) is 4.83. The average molecular weight is 533 g/mol. The second-order valence-corrected chi connectivity index (χ2v) is 10.5. The van der Waals surface area contributed by atoms with E-state index in [9.17, 15) is 0 Å². The van der Waals surface area contributed by atoms with Crippen LogP contribution in [0.4, 0.5) is 11.4 Å². The maximum atomic E-state index is 5.00. The maximum absolute atomic E-state index is 5.00. The number of unbranched alkanes of at least 4 members (excludes halogenated alkanes) is 12. The Morgan fingerprint density at radius 3 is 1.39 bits per heavy atom. The summed E-state index contributed by atoms with van der Waals surface area (Å²) in [5.41, 5.74) is 8.16. The second-order valence-electron chi connectivity index (χ2n) is 10.5. The first kappa shape index (κ1) is 32.3. The Hall–Kier alpha value is -1.73. The maximum Gasteiger partial charge on any atom is 0.0638 e. The SMILES string of the molecule is CCCCCCCCCCCCCCCC(/C=N/c1cc(C)cc(C)c1)=N\c1cc(C)cc(C)c1.[Ni]. The van der Waals surface area contributed by atoms with Crippen LogP contribution in [0.3, 0.4) is 0 Å². The number of nitrogens with zero attached hydrogens (tertiary/aromatic N) is 2. The molecule has 0 bridgehead atoms. The summed E-state index contributed by atoms with van der Waals surface area (Å²) in [4.78, 5) is 9.80. The van der Waals surface area contributed by atoms with Crippen LogP contribution in [0.15, 0.2) is 46.4 Å². The Balaban J connectivity index is 0.00000648. The molecule has 2 nitrogen and oxygen atoms in total. The molecule has 2 aromatic carbocycles. The zero-order chi connectivity index (χ0) is 25.3. The molecule has 36 heavy (non-hydrogen) atoms. The molecule has 202 valence electrons. The normalized spacial score (nSPS) is 11.8. The Morgan fingerprint density at radius 2 is 0.944 bits per heavy atom. The van der Waals surface area contributed by atoms with Crippen LogP contribution in [-0.4, -0.2) is 11.9 Å². The Morgan fingerprint density at radius 1 is 0.556 bits per heavy atom. The van der Waals surface area contributed by atoms with Crippen LogP contribution < -0.4 is 0 Å². The molecule has 0 atom stereocenters. The number of benzene rings is 2. The van der Waals surface area contributed by atoms with Gasteiger partial charge in [0.25, 0.3) is 0 Å². The fourth-order valence-corrected chi connectivity index (χ4v) is 4.83. The zero-order valence-electron chi connectivity index (χ0n) is 23.7. The molecule has 3 heteroatoms. The van der Waals surface area contributed by atoms with Gasteiger partial charge in [0.2, 0.25) is 0 Å². The predicted octanol–water partition coefficient (Wildman–Crippen LogP) is 10.9. The molecule has 0 unspecified atom stereocenters. The van der Waals surface area contributed by atoms with Gasteiger partial charge < -0.3 is 0 Å². The van der Waals surface area contributed by atoms with Crippen molar-refractivity contribution in [1.82, 2.24) is 0 Å². The first-order chi connectivity index (χ1) is 17.0. The molecule has 0 aromatic heterocycles. The van der Waals surface area contributed by atoms with Gasteiger partial charge in [0, 0.05) is 22.7 Å². The van der Waals surface area contributed by atoms with Crippen molar-refractivity contribution in [3.8, 4) is 0 Å². The summed E-state index contributed by atoms with van der Waals surface area (Å²) in [6, 6.07) is 13.0. The third-order valence-electron chi connectivity index (χ3n) is 6.58. The van der Waals surface area contributed by atoms with Gasteiger partial charge in [-0.3, -0.25) is 9.98 Å². The summed E-state index contributed by atoms with van der Waals surface area (Å²) in [6.45, 7) is 10.8. The van der Waals surface area contributed by atoms with Gasteiger partial charge in [0.1, 0.15) is 0 Å². The fraction of sp³-hybridized carbons (Fsp3) is 0.576. The molecule has 0 spiro atoms. The summed E-state index contributed by atoms with van der Waals surface area (Å²) in [6.07, 6.45) is 20.9. The zero-order valence-corrected chi connectivity index (χ0v) is 24.6. The van der Waals surface area contributed by atoms with Gasteiger partial charge in [0.05, 0.1) is 17.1 Å². The van der Waals surface area contributed by atoms with Crippen molar-refractivity contribution in [3.63, 3.8) is 0 Å². The van der Waals surface area contributed by atoms with Crippen LogP contribution in [0.2, 0.25) is 0 Å². The third kappa shape index (κ3) is 14.7. The van der Waals surface area contributed by atoms with Crippen molar-refractivity contribution in [2.24, 2.45) is 9.98 Å². The van der Waals surface area contributed by atoms with Crippen LogP contribution in [-0.2, 0) is 16.5 Å². The monoisotopic (exact) mass is 532 g/mol. The molecule has 0 aliphatic carbocycles. The Labute approximate surface area is 232 Å². The Kier molecular flexibility index (Phi) is 17.4. The van der Waals surface area contributed by atoms with E-state index in [1.165, 1.54) is 106 Å². The molecular formula is C33H50N2Ni. The van der Waals surface area contributed by atoms with Crippen LogP contribution in [0, 0.1) is 27.7 Å². The molecule has 0 saturated heterocycles. The Bertz CT molecular complexity index is 889. The van der Waals surface area contributed by atoms with Gasteiger partial charge in [-0.05, 0) is 87.1 Å². The van der Waals surface area contributed by atoms with Crippen LogP contribution in [0.5, 0.6) is 0 Å². The third-order valence-corrected chi connectivity index (χ3v) is 6.58. The van der Waals surface area contributed by atoms with E-state index in [4.69, 9.17) is 9.98 Å². The van der Waals surface area contributed by atoms with E-state index in [2.05, 4.69) is 71.0 Å². The molecule has 0 aliphatic rings. The minimum absolute atomic E-state index is 0. The van der Waals surface area contributed by atoms with Gasteiger partial charge in [-0.2, -0.15) is 0 Å². The summed E-state index contributed by atoms with van der Waals surface area (Å²) in [7, 11) is 0.